The Morgan fingerprint density at radius 1 is 1.12 bits per heavy atom. The van der Waals surface area contributed by atoms with Gasteiger partial charge in [0.2, 0.25) is 0 Å². The molecule has 1 heterocycles. The summed E-state index contributed by atoms with van der Waals surface area (Å²) < 4.78 is 23.7. The molecule has 5 nitrogen and oxygen atoms in total. The molecule has 1 saturated heterocycles. The average Bonchev–Trinajstić information content (AvgIpc) is 2.92. The first kappa shape index (κ1) is 19.2. The van der Waals surface area contributed by atoms with E-state index in [1.807, 2.05) is 24.3 Å². The maximum Gasteiger partial charge on any atom is 0.151 e. The van der Waals surface area contributed by atoms with Crippen molar-refractivity contribution in [2.75, 3.05) is 43.4 Å². The Morgan fingerprint density at radius 3 is 2.33 bits per heavy atom. The second kappa shape index (κ2) is 8.83. The van der Waals surface area contributed by atoms with Crippen LogP contribution < -0.4 is 5.73 Å². The number of sulfone groups is 1. The molecule has 6 heteroatoms. The van der Waals surface area contributed by atoms with Crippen LogP contribution in [0.5, 0.6) is 0 Å². The molecule has 0 aromatic heterocycles. The summed E-state index contributed by atoms with van der Waals surface area (Å²) in [5.41, 5.74) is 7.71. The highest BCUT2D eigenvalue weighted by atomic mass is 32.2. The Balaban J connectivity index is 1.99. The molecule has 1 fully saturated rings. The van der Waals surface area contributed by atoms with E-state index in [0.29, 0.717) is 11.5 Å². The van der Waals surface area contributed by atoms with Gasteiger partial charge in [-0.15, -0.1) is 0 Å². The van der Waals surface area contributed by atoms with Crippen molar-refractivity contribution in [3.63, 3.8) is 0 Å². The third-order valence-electron chi connectivity index (χ3n) is 4.90. The summed E-state index contributed by atoms with van der Waals surface area (Å²) in [6, 6.07) is 8.04. The summed E-state index contributed by atoms with van der Waals surface area (Å²) in [5.74, 6) is 0.624. The monoisotopic (exact) mass is 353 g/mol. The Hall–Kier alpha value is -1.11. The third-order valence-corrected chi connectivity index (χ3v) is 6.65. The van der Waals surface area contributed by atoms with Crippen LogP contribution >= 0.6 is 0 Å². The zero-order chi connectivity index (χ0) is 17.6. The topological polar surface area (TPSA) is 66.6 Å². The number of nitrogens with two attached hydrogens (primary N) is 1. The first-order chi connectivity index (χ1) is 11.4. The van der Waals surface area contributed by atoms with Gasteiger partial charge in [-0.25, -0.2) is 8.42 Å². The van der Waals surface area contributed by atoms with Crippen LogP contribution in [0, 0.1) is 0 Å². The van der Waals surface area contributed by atoms with Crippen LogP contribution in [0.2, 0.25) is 0 Å². The Kier molecular flexibility index (Phi) is 7.07. The minimum Gasteiger partial charge on any atom is -0.399 e. The largest absolute Gasteiger partial charge is 0.399 e. The molecule has 1 aliphatic rings. The van der Waals surface area contributed by atoms with Crippen molar-refractivity contribution in [1.82, 2.24) is 9.80 Å². The van der Waals surface area contributed by atoms with Gasteiger partial charge < -0.3 is 10.6 Å². The lowest BCUT2D eigenvalue weighted by atomic mass is 10.1. The fourth-order valence-corrected chi connectivity index (χ4v) is 5.11. The van der Waals surface area contributed by atoms with Gasteiger partial charge in [0.25, 0.3) is 0 Å². The summed E-state index contributed by atoms with van der Waals surface area (Å²) in [4.78, 5) is 4.76. The van der Waals surface area contributed by atoms with Crippen LogP contribution in [0.1, 0.15) is 32.3 Å². The van der Waals surface area contributed by atoms with Gasteiger partial charge in [-0.1, -0.05) is 26.0 Å². The van der Waals surface area contributed by atoms with Crippen LogP contribution in [0.25, 0.3) is 0 Å². The molecule has 0 unspecified atom stereocenters. The van der Waals surface area contributed by atoms with Gasteiger partial charge in [-0.05, 0) is 50.2 Å². The van der Waals surface area contributed by atoms with Gasteiger partial charge in [-0.3, -0.25) is 4.90 Å². The molecule has 2 rings (SSSR count). The standard InChI is InChI=1S/C18H31N3O2S/c1-3-20(4-2)11-5-12-21(18-10-13-24(22,23)15-18)14-16-6-8-17(19)9-7-16/h6-9,18H,3-5,10-15,19H2,1-2H3/t18-/m0/s1. The Bertz CT molecular complexity index is 597. The second-order valence-electron chi connectivity index (χ2n) is 6.65. The molecule has 136 valence electrons. The van der Waals surface area contributed by atoms with E-state index in [4.69, 9.17) is 5.73 Å². The number of anilines is 1. The number of hydrogen-bond acceptors (Lipinski definition) is 5. The van der Waals surface area contributed by atoms with Crippen molar-refractivity contribution in [3.8, 4) is 0 Å². The highest BCUT2D eigenvalue weighted by molar-refractivity contribution is 7.91. The summed E-state index contributed by atoms with van der Waals surface area (Å²) in [5, 5.41) is 0. The number of benzene rings is 1. The first-order valence-electron chi connectivity index (χ1n) is 8.94. The zero-order valence-electron chi connectivity index (χ0n) is 14.9. The predicted octanol–water partition coefficient (Wildman–Crippen LogP) is 1.99. The third kappa shape index (κ3) is 5.76. The Labute approximate surface area is 146 Å². The van der Waals surface area contributed by atoms with Gasteiger partial charge in [0.15, 0.2) is 9.84 Å². The summed E-state index contributed by atoms with van der Waals surface area (Å²) in [7, 11) is -2.86. The molecule has 0 spiro atoms. The molecule has 0 aliphatic carbocycles. The number of rotatable bonds is 9. The Morgan fingerprint density at radius 2 is 1.79 bits per heavy atom. The molecule has 0 amide bonds. The van der Waals surface area contributed by atoms with Gasteiger partial charge >= 0.3 is 0 Å². The zero-order valence-corrected chi connectivity index (χ0v) is 15.8. The van der Waals surface area contributed by atoms with E-state index in [1.54, 1.807) is 0 Å². The van der Waals surface area contributed by atoms with E-state index < -0.39 is 9.84 Å². The van der Waals surface area contributed by atoms with Crippen LogP contribution in [0.4, 0.5) is 5.69 Å². The van der Waals surface area contributed by atoms with Gasteiger partial charge in [0.05, 0.1) is 11.5 Å². The van der Waals surface area contributed by atoms with Crippen molar-refractivity contribution in [3.05, 3.63) is 29.8 Å². The summed E-state index contributed by atoms with van der Waals surface area (Å²) in [6.07, 6.45) is 1.82. The van der Waals surface area contributed by atoms with Crippen LogP contribution in [0.15, 0.2) is 24.3 Å². The van der Waals surface area contributed by atoms with Gasteiger partial charge in [0.1, 0.15) is 0 Å². The number of nitrogen functional groups attached to an aromatic ring is 1. The van der Waals surface area contributed by atoms with E-state index in [2.05, 4.69) is 23.6 Å². The minimum atomic E-state index is -2.86. The molecular formula is C18H31N3O2S. The highest BCUT2D eigenvalue weighted by Crippen LogP contribution is 2.21. The van der Waals surface area contributed by atoms with Crippen LogP contribution in [-0.4, -0.2) is 61.9 Å². The average molecular weight is 354 g/mol. The summed E-state index contributed by atoms with van der Waals surface area (Å²) >= 11 is 0. The second-order valence-corrected chi connectivity index (χ2v) is 8.88. The van der Waals surface area contributed by atoms with Crippen molar-refractivity contribution >= 4 is 15.5 Å². The lowest BCUT2D eigenvalue weighted by Crippen LogP contribution is -2.38. The molecule has 0 saturated carbocycles. The summed E-state index contributed by atoms with van der Waals surface area (Å²) in [6.45, 7) is 9.27. The van der Waals surface area contributed by atoms with Crippen LogP contribution in [0.3, 0.4) is 0 Å². The van der Waals surface area contributed by atoms with Crippen molar-refractivity contribution in [1.29, 1.82) is 0 Å². The number of nitrogens with zero attached hydrogens (tertiary/aromatic N) is 2. The first-order valence-corrected chi connectivity index (χ1v) is 10.8. The molecule has 0 radical (unpaired) electrons. The molecule has 1 aliphatic heterocycles. The molecule has 2 N–H and O–H groups in total. The fraction of sp³-hybridized carbons (Fsp3) is 0.667. The van der Waals surface area contributed by atoms with Gasteiger partial charge in [0, 0.05) is 24.8 Å². The molecule has 1 atom stereocenters. The normalized spacial score (nSPS) is 20.1. The fourth-order valence-electron chi connectivity index (χ4n) is 3.35. The van der Waals surface area contributed by atoms with E-state index in [0.717, 1.165) is 51.3 Å². The van der Waals surface area contributed by atoms with Crippen molar-refractivity contribution in [2.24, 2.45) is 0 Å². The smallest absolute Gasteiger partial charge is 0.151 e. The lowest BCUT2D eigenvalue weighted by Gasteiger charge is -2.29. The molecule has 1 aromatic carbocycles. The van der Waals surface area contributed by atoms with Crippen molar-refractivity contribution < 1.29 is 8.42 Å². The van der Waals surface area contributed by atoms with E-state index in [9.17, 15) is 8.42 Å². The molecule has 24 heavy (non-hydrogen) atoms. The maximum atomic E-state index is 11.9. The lowest BCUT2D eigenvalue weighted by molar-refractivity contribution is 0.186. The molecule has 1 aromatic rings. The van der Waals surface area contributed by atoms with E-state index in [1.165, 1.54) is 5.56 Å². The highest BCUT2D eigenvalue weighted by Gasteiger charge is 2.32. The van der Waals surface area contributed by atoms with E-state index >= 15 is 0 Å². The quantitative estimate of drug-likeness (QED) is 0.688. The van der Waals surface area contributed by atoms with Gasteiger partial charge in [-0.2, -0.15) is 0 Å². The van der Waals surface area contributed by atoms with Crippen LogP contribution in [-0.2, 0) is 16.4 Å². The number of hydrogen-bond donors (Lipinski definition) is 1. The maximum absolute atomic E-state index is 11.9. The van der Waals surface area contributed by atoms with Crippen molar-refractivity contribution in [2.45, 2.75) is 39.3 Å². The predicted molar refractivity (Wildman–Crippen MR) is 101 cm³/mol. The molecule has 0 bridgehead atoms. The minimum absolute atomic E-state index is 0.143. The molecular weight excluding hydrogens is 322 g/mol. The van der Waals surface area contributed by atoms with E-state index in [-0.39, 0.29) is 6.04 Å². The SMILES string of the molecule is CCN(CC)CCCN(Cc1ccc(N)cc1)[C@H]1CCS(=O)(=O)C1.